The zero-order valence-electron chi connectivity index (χ0n) is 10.5. The largest absolute Gasteiger partial charge is 0.379 e. The van der Waals surface area contributed by atoms with Gasteiger partial charge in [-0.15, -0.1) is 6.58 Å². The van der Waals surface area contributed by atoms with Crippen molar-refractivity contribution in [3.8, 4) is 0 Å². The van der Waals surface area contributed by atoms with Gasteiger partial charge in [-0.1, -0.05) is 25.3 Å². The van der Waals surface area contributed by atoms with Crippen molar-refractivity contribution in [3.05, 3.63) is 12.7 Å². The molecule has 1 aliphatic rings. The molecule has 98 valence electrons. The fourth-order valence-corrected chi connectivity index (χ4v) is 2.09. The number of carbonyl (C=O) groups is 1. The average molecular weight is 240 g/mol. The Hall–Kier alpha value is -0.870. The molecule has 0 aromatic heterocycles. The van der Waals surface area contributed by atoms with Crippen LogP contribution in [0.25, 0.3) is 0 Å². The molecule has 0 heterocycles. The van der Waals surface area contributed by atoms with Gasteiger partial charge in [-0.2, -0.15) is 0 Å². The number of amides is 1. The summed E-state index contributed by atoms with van der Waals surface area (Å²) in [6, 6.07) is 0. The van der Waals surface area contributed by atoms with E-state index in [1.165, 1.54) is 6.42 Å². The maximum atomic E-state index is 11.9. The number of carbonyl (C=O) groups excluding carboxylic acids is 1. The summed E-state index contributed by atoms with van der Waals surface area (Å²) in [5, 5.41) is 2.86. The van der Waals surface area contributed by atoms with E-state index < -0.39 is 5.54 Å². The standard InChI is InChI=1S/C13H24N2O2/c1-2-3-10-17-11-9-15-12(16)13(14)7-5-4-6-8-13/h2H,1,3-11,14H2,(H,15,16). The second kappa shape index (κ2) is 7.45. The molecule has 4 nitrogen and oxygen atoms in total. The first kappa shape index (κ1) is 14.2. The Bertz CT molecular complexity index is 248. The van der Waals surface area contributed by atoms with Gasteiger partial charge in [-0.25, -0.2) is 0 Å². The molecule has 1 rings (SSSR count). The van der Waals surface area contributed by atoms with Crippen molar-refractivity contribution >= 4 is 5.91 Å². The van der Waals surface area contributed by atoms with Crippen LogP contribution in [0.2, 0.25) is 0 Å². The lowest BCUT2D eigenvalue weighted by molar-refractivity contribution is -0.127. The van der Waals surface area contributed by atoms with Crippen molar-refractivity contribution in [1.82, 2.24) is 5.32 Å². The molecular weight excluding hydrogens is 216 g/mol. The SMILES string of the molecule is C=CCCOCCNC(=O)C1(N)CCCCC1. The van der Waals surface area contributed by atoms with E-state index in [2.05, 4.69) is 11.9 Å². The first-order valence-electron chi connectivity index (χ1n) is 6.45. The van der Waals surface area contributed by atoms with E-state index in [1.807, 2.05) is 6.08 Å². The molecule has 0 radical (unpaired) electrons. The normalized spacial score (nSPS) is 18.6. The van der Waals surface area contributed by atoms with E-state index in [-0.39, 0.29) is 5.91 Å². The highest BCUT2D eigenvalue weighted by Crippen LogP contribution is 2.25. The third kappa shape index (κ3) is 4.88. The third-order valence-corrected chi connectivity index (χ3v) is 3.20. The summed E-state index contributed by atoms with van der Waals surface area (Å²) in [5.41, 5.74) is 5.46. The molecule has 0 aliphatic heterocycles. The molecule has 4 heteroatoms. The van der Waals surface area contributed by atoms with E-state index in [0.717, 1.165) is 32.1 Å². The molecule has 0 unspecified atom stereocenters. The summed E-state index contributed by atoms with van der Waals surface area (Å²) in [7, 11) is 0. The highest BCUT2D eigenvalue weighted by atomic mass is 16.5. The Balaban J connectivity index is 2.13. The van der Waals surface area contributed by atoms with E-state index in [4.69, 9.17) is 10.5 Å². The first-order chi connectivity index (χ1) is 8.19. The van der Waals surface area contributed by atoms with E-state index in [1.54, 1.807) is 0 Å². The molecule has 1 amide bonds. The maximum Gasteiger partial charge on any atom is 0.240 e. The van der Waals surface area contributed by atoms with Crippen LogP contribution in [0, 0.1) is 0 Å². The summed E-state index contributed by atoms with van der Waals surface area (Å²) in [5.74, 6) is -0.0236. The predicted molar refractivity (Wildman–Crippen MR) is 68.6 cm³/mol. The van der Waals surface area contributed by atoms with Crippen LogP contribution in [0.15, 0.2) is 12.7 Å². The average Bonchev–Trinajstić information content (AvgIpc) is 2.34. The van der Waals surface area contributed by atoms with Crippen LogP contribution in [0.5, 0.6) is 0 Å². The zero-order chi connectivity index (χ0) is 12.6. The smallest absolute Gasteiger partial charge is 0.240 e. The lowest BCUT2D eigenvalue weighted by Gasteiger charge is -2.31. The first-order valence-corrected chi connectivity index (χ1v) is 6.45. The van der Waals surface area contributed by atoms with E-state index >= 15 is 0 Å². The Morgan fingerprint density at radius 3 is 2.71 bits per heavy atom. The lowest BCUT2D eigenvalue weighted by atomic mass is 9.82. The Morgan fingerprint density at radius 1 is 1.35 bits per heavy atom. The monoisotopic (exact) mass is 240 g/mol. The molecule has 0 aromatic rings. The summed E-state index contributed by atoms with van der Waals surface area (Å²) in [6.45, 7) is 5.34. The molecule has 0 atom stereocenters. The van der Waals surface area contributed by atoms with E-state index in [0.29, 0.717) is 19.8 Å². The summed E-state index contributed by atoms with van der Waals surface area (Å²) >= 11 is 0. The van der Waals surface area contributed by atoms with Crippen LogP contribution < -0.4 is 11.1 Å². The number of hydrogen-bond donors (Lipinski definition) is 2. The predicted octanol–water partition coefficient (Wildman–Crippen LogP) is 1.36. The van der Waals surface area contributed by atoms with Crippen molar-refractivity contribution < 1.29 is 9.53 Å². The highest BCUT2D eigenvalue weighted by Gasteiger charge is 2.34. The zero-order valence-corrected chi connectivity index (χ0v) is 10.5. The summed E-state index contributed by atoms with van der Waals surface area (Å²) in [4.78, 5) is 11.9. The van der Waals surface area contributed by atoms with Gasteiger partial charge in [0, 0.05) is 6.54 Å². The minimum atomic E-state index is -0.640. The number of hydrogen-bond acceptors (Lipinski definition) is 3. The van der Waals surface area contributed by atoms with Gasteiger partial charge in [-0.3, -0.25) is 4.79 Å². The Labute approximate surface area is 104 Å². The van der Waals surface area contributed by atoms with Crippen LogP contribution in [-0.2, 0) is 9.53 Å². The fraction of sp³-hybridized carbons (Fsp3) is 0.769. The van der Waals surface area contributed by atoms with Gasteiger partial charge in [0.1, 0.15) is 0 Å². The van der Waals surface area contributed by atoms with Gasteiger partial charge in [0.2, 0.25) is 5.91 Å². The molecule has 0 saturated heterocycles. The van der Waals surface area contributed by atoms with Gasteiger partial charge in [0.25, 0.3) is 0 Å². The summed E-state index contributed by atoms with van der Waals surface area (Å²) in [6.07, 6.45) is 7.56. The second-order valence-electron chi connectivity index (χ2n) is 4.66. The van der Waals surface area contributed by atoms with Gasteiger partial charge in [-0.05, 0) is 19.3 Å². The lowest BCUT2D eigenvalue weighted by Crippen LogP contribution is -2.55. The fourth-order valence-electron chi connectivity index (χ4n) is 2.09. The van der Waals surface area contributed by atoms with Crippen LogP contribution in [0.1, 0.15) is 38.5 Å². The number of ether oxygens (including phenoxy) is 1. The molecule has 1 fully saturated rings. The summed E-state index contributed by atoms with van der Waals surface area (Å²) < 4.78 is 5.32. The molecule has 1 aliphatic carbocycles. The van der Waals surface area contributed by atoms with Crippen LogP contribution in [0.3, 0.4) is 0 Å². The van der Waals surface area contributed by atoms with Gasteiger partial charge < -0.3 is 15.8 Å². The van der Waals surface area contributed by atoms with Crippen LogP contribution in [-0.4, -0.2) is 31.2 Å². The highest BCUT2D eigenvalue weighted by molar-refractivity contribution is 5.86. The quantitative estimate of drug-likeness (QED) is 0.521. The molecule has 1 saturated carbocycles. The number of nitrogens with two attached hydrogens (primary N) is 1. The number of rotatable bonds is 7. The van der Waals surface area contributed by atoms with Crippen molar-refractivity contribution in [2.75, 3.05) is 19.8 Å². The number of nitrogens with one attached hydrogen (secondary N) is 1. The maximum absolute atomic E-state index is 11.9. The molecule has 0 bridgehead atoms. The molecule has 0 spiro atoms. The third-order valence-electron chi connectivity index (χ3n) is 3.20. The van der Waals surface area contributed by atoms with Crippen molar-refractivity contribution in [3.63, 3.8) is 0 Å². The van der Waals surface area contributed by atoms with Gasteiger partial charge in [0.05, 0.1) is 18.8 Å². The van der Waals surface area contributed by atoms with Crippen molar-refractivity contribution in [1.29, 1.82) is 0 Å². The molecule has 17 heavy (non-hydrogen) atoms. The minimum absolute atomic E-state index is 0.0236. The van der Waals surface area contributed by atoms with Crippen LogP contribution in [0.4, 0.5) is 0 Å². The van der Waals surface area contributed by atoms with Gasteiger partial charge in [0.15, 0.2) is 0 Å². The Kier molecular flexibility index (Phi) is 6.22. The van der Waals surface area contributed by atoms with Crippen molar-refractivity contribution in [2.45, 2.75) is 44.1 Å². The molecule has 0 aromatic carbocycles. The van der Waals surface area contributed by atoms with E-state index in [9.17, 15) is 4.79 Å². The van der Waals surface area contributed by atoms with Gasteiger partial charge >= 0.3 is 0 Å². The minimum Gasteiger partial charge on any atom is -0.379 e. The molecular formula is C13H24N2O2. The van der Waals surface area contributed by atoms with Crippen LogP contribution >= 0.6 is 0 Å². The molecule has 3 N–H and O–H groups in total. The van der Waals surface area contributed by atoms with Crippen molar-refractivity contribution in [2.24, 2.45) is 5.73 Å². The topological polar surface area (TPSA) is 64.3 Å². The second-order valence-corrected chi connectivity index (χ2v) is 4.66. The Morgan fingerprint density at radius 2 is 2.06 bits per heavy atom.